The van der Waals surface area contributed by atoms with Gasteiger partial charge in [-0.05, 0) is 24.3 Å². The fraction of sp³-hybridized carbons (Fsp3) is 0.0833. The molecule has 3 aromatic carbocycles. The molecule has 0 unspecified atom stereocenters. The quantitative estimate of drug-likeness (QED) is 0.404. The number of methoxy groups -OCH3 is 2. The summed E-state index contributed by atoms with van der Waals surface area (Å²) < 4.78 is 59.3. The van der Waals surface area contributed by atoms with Gasteiger partial charge in [-0.15, -0.1) is 0 Å². The van der Waals surface area contributed by atoms with Crippen molar-refractivity contribution in [2.45, 2.75) is 0 Å². The maximum Gasteiger partial charge on any atom is 0.258 e. The van der Waals surface area contributed by atoms with Gasteiger partial charge in [0.25, 0.3) is 5.91 Å². The van der Waals surface area contributed by atoms with Crippen LogP contribution in [-0.2, 0) is 0 Å². The van der Waals surface area contributed by atoms with Gasteiger partial charge >= 0.3 is 0 Å². The van der Waals surface area contributed by atoms with Crippen molar-refractivity contribution in [2.75, 3.05) is 19.5 Å². The van der Waals surface area contributed by atoms with Crippen LogP contribution in [0.1, 0.15) is 10.4 Å². The second-order valence-electron chi connectivity index (χ2n) is 6.84. The third-order valence-corrected chi connectivity index (χ3v) is 4.79. The van der Waals surface area contributed by atoms with Crippen molar-refractivity contribution in [1.29, 1.82) is 0 Å². The smallest absolute Gasteiger partial charge is 0.258 e. The van der Waals surface area contributed by atoms with Crippen LogP contribution in [0.4, 0.5) is 18.9 Å². The number of benzene rings is 3. The van der Waals surface area contributed by atoms with E-state index in [4.69, 9.17) is 14.2 Å². The van der Waals surface area contributed by atoms with Gasteiger partial charge in [-0.2, -0.15) is 0 Å². The molecule has 0 aliphatic rings. The lowest BCUT2D eigenvalue weighted by Crippen LogP contribution is -2.14. The Morgan fingerprint density at radius 1 is 0.848 bits per heavy atom. The lowest BCUT2D eigenvalue weighted by Gasteiger charge is -2.14. The van der Waals surface area contributed by atoms with Crippen molar-refractivity contribution in [3.05, 3.63) is 83.8 Å². The standard InChI is InChI=1S/C24H17F3N2O4/c1-31-21-11-15-19(12-22(21)32-2)28-8-7-20(15)33-23-17(26)9-13(10-18(23)27)29-24(30)14-5-3-4-6-16(14)25/h3-12H,1-2H3,(H,29,30). The van der Waals surface area contributed by atoms with Crippen molar-refractivity contribution in [2.24, 2.45) is 0 Å². The van der Waals surface area contributed by atoms with Gasteiger partial charge in [-0.1, -0.05) is 12.1 Å². The Morgan fingerprint density at radius 3 is 2.18 bits per heavy atom. The van der Waals surface area contributed by atoms with Crippen molar-refractivity contribution < 1.29 is 32.2 Å². The third kappa shape index (κ3) is 4.38. The molecule has 1 N–H and O–H groups in total. The third-order valence-electron chi connectivity index (χ3n) is 4.79. The van der Waals surface area contributed by atoms with Gasteiger partial charge in [0.2, 0.25) is 0 Å². The van der Waals surface area contributed by atoms with E-state index in [9.17, 15) is 18.0 Å². The molecule has 9 heteroatoms. The Kier molecular flexibility index (Phi) is 6.03. The summed E-state index contributed by atoms with van der Waals surface area (Å²) in [5.74, 6) is -3.47. The number of hydrogen-bond acceptors (Lipinski definition) is 5. The van der Waals surface area contributed by atoms with E-state index in [0.717, 1.165) is 18.2 Å². The summed E-state index contributed by atoms with van der Waals surface area (Å²) in [4.78, 5) is 16.5. The topological polar surface area (TPSA) is 69.7 Å². The molecule has 1 heterocycles. The van der Waals surface area contributed by atoms with Crippen LogP contribution in [0.3, 0.4) is 0 Å². The van der Waals surface area contributed by atoms with E-state index in [-0.39, 0.29) is 17.0 Å². The number of fused-ring (bicyclic) bond motifs is 1. The molecular weight excluding hydrogens is 437 g/mol. The molecule has 0 spiro atoms. The maximum absolute atomic E-state index is 14.7. The number of carbonyl (C=O) groups is 1. The first-order valence-electron chi connectivity index (χ1n) is 9.64. The largest absolute Gasteiger partial charge is 0.493 e. The fourth-order valence-corrected chi connectivity index (χ4v) is 3.22. The zero-order chi connectivity index (χ0) is 23.5. The summed E-state index contributed by atoms with van der Waals surface area (Å²) in [5, 5.41) is 2.71. The lowest BCUT2D eigenvalue weighted by atomic mass is 10.1. The number of hydrogen-bond donors (Lipinski definition) is 1. The minimum absolute atomic E-state index is 0.127. The van der Waals surface area contributed by atoms with Gasteiger partial charge < -0.3 is 19.5 Å². The molecule has 6 nitrogen and oxygen atoms in total. The Balaban J connectivity index is 1.65. The second kappa shape index (κ2) is 9.07. The number of pyridine rings is 1. The molecule has 1 aromatic heterocycles. The number of anilines is 1. The van der Waals surface area contributed by atoms with Gasteiger partial charge in [0.15, 0.2) is 28.9 Å². The van der Waals surface area contributed by atoms with Crippen LogP contribution in [0, 0.1) is 17.5 Å². The molecule has 0 aliphatic carbocycles. The monoisotopic (exact) mass is 454 g/mol. The minimum Gasteiger partial charge on any atom is -0.493 e. The summed E-state index contributed by atoms with van der Waals surface area (Å²) in [6, 6.07) is 11.6. The van der Waals surface area contributed by atoms with Crippen molar-refractivity contribution in [1.82, 2.24) is 4.98 Å². The molecule has 33 heavy (non-hydrogen) atoms. The zero-order valence-electron chi connectivity index (χ0n) is 17.5. The van der Waals surface area contributed by atoms with Crippen LogP contribution < -0.4 is 19.5 Å². The number of carbonyl (C=O) groups excluding carboxylic acids is 1. The Hall–Kier alpha value is -4.27. The van der Waals surface area contributed by atoms with E-state index in [0.29, 0.717) is 22.4 Å². The van der Waals surface area contributed by atoms with Gasteiger partial charge in [0, 0.05) is 35.5 Å². The molecular formula is C24H17F3N2O4. The molecule has 168 valence electrons. The number of halogens is 3. The molecule has 0 saturated heterocycles. The van der Waals surface area contributed by atoms with Crippen LogP contribution >= 0.6 is 0 Å². The molecule has 0 bridgehead atoms. The molecule has 0 saturated carbocycles. The highest BCUT2D eigenvalue weighted by molar-refractivity contribution is 6.04. The summed E-state index contributed by atoms with van der Waals surface area (Å²) in [6.07, 6.45) is 1.42. The van der Waals surface area contributed by atoms with E-state index in [1.54, 1.807) is 12.1 Å². The van der Waals surface area contributed by atoms with Crippen LogP contribution in [0.15, 0.2) is 60.8 Å². The number of rotatable bonds is 6. The predicted molar refractivity (Wildman–Crippen MR) is 116 cm³/mol. The Morgan fingerprint density at radius 2 is 1.52 bits per heavy atom. The first kappa shape index (κ1) is 21.9. The van der Waals surface area contributed by atoms with Crippen LogP contribution in [0.5, 0.6) is 23.0 Å². The van der Waals surface area contributed by atoms with E-state index in [2.05, 4.69) is 10.3 Å². The molecule has 4 aromatic rings. The zero-order valence-corrected chi connectivity index (χ0v) is 17.5. The number of nitrogens with zero attached hydrogens (tertiary/aromatic N) is 1. The summed E-state index contributed by atoms with van der Waals surface area (Å²) >= 11 is 0. The Labute approximate surface area is 186 Å². The summed E-state index contributed by atoms with van der Waals surface area (Å²) in [5.41, 5.74) is 0.00241. The molecule has 0 atom stereocenters. The molecule has 0 fully saturated rings. The van der Waals surface area contributed by atoms with Crippen LogP contribution in [-0.4, -0.2) is 25.1 Å². The first-order valence-corrected chi connectivity index (χ1v) is 9.64. The highest BCUT2D eigenvalue weighted by atomic mass is 19.1. The summed E-state index contributed by atoms with van der Waals surface area (Å²) in [6.45, 7) is 0. The lowest BCUT2D eigenvalue weighted by molar-refractivity contribution is 0.102. The SMILES string of the molecule is COc1cc2nccc(Oc3c(F)cc(NC(=O)c4ccccc4F)cc3F)c2cc1OC. The first-order chi connectivity index (χ1) is 15.9. The van der Waals surface area contributed by atoms with Gasteiger partial charge in [-0.3, -0.25) is 9.78 Å². The fourth-order valence-electron chi connectivity index (χ4n) is 3.22. The predicted octanol–water partition coefficient (Wildman–Crippen LogP) is 5.71. The number of amides is 1. The van der Waals surface area contributed by atoms with Crippen molar-refractivity contribution in [3.8, 4) is 23.0 Å². The second-order valence-corrected chi connectivity index (χ2v) is 6.84. The maximum atomic E-state index is 14.7. The van der Waals surface area contributed by atoms with Gasteiger partial charge in [-0.25, -0.2) is 13.2 Å². The highest BCUT2D eigenvalue weighted by Crippen LogP contribution is 2.38. The average molecular weight is 454 g/mol. The average Bonchev–Trinajstić information content (AvgIpc) is 2.80. The van der Waals surface area contributed by atoms with Crippen LogP contribution in [0.25, 0.3) is 10.9 Å². The minimum atomic E-state index is -1.07. The van der Waals surface area contributed by atoms with Crippen LogP contribution in [0.2, 0.25) is 0 Å². The van der Waals surface area contributed by atoms with E-state index >= 15 is 0 Å². The summed E-state index contributed by atoms with van der Waals surface area (Å²) in [7, 11) is 2.93. The normalized spacial score (nSPS) is 10.7. The number of nitrogens with one attached hydrogen (secondary N) is 1. The van der Waals surface area contributed by atoms with Crippen molar-refractivity contribution in [3.63, 3.8) is 0 Å². The van der Waals surface area contributed by atoms with Gasteiger partial charge in [0.05, 0.1) is 25.3 Å². The highest BCUT2D eigenvalue weighted by Gasteiger charge is 2.19. The molecule has 1 amide bonds. The van der Waals surface area contributed by atoms with Crippen molar-refractivity contribution >= 4 is 22.5 Å². The number of ether oxygens (including phenoxy) is 3. The molecule has 4 rings (SSSR count). The van der Waals surface area contributed by atoms with E-state index < -0.39 is 29.1 Å². The van der Waals surface area contributed by atoms with E-state index in [1.165, 1.54) is 44.7 Å². The number of aromatic nitrogens is 1. The molecule has 0 radical (unpaired) electrons. The van der Waals surface area contributed by atoms with Gasteiger partial charge in [0.1, 0.15) is 11.6 Å². The Bertz CT molecular complexity index is 1340. The molecule has 0 aliphatic heterocycles. The van der Waals surface area contributed by atoms with E-state index in [1.807, 2.05) is 0 Å².